The Bertz CT molecular complexity index is 392. The first-order valence-electron chi connectivity index (χ1n) is 8.33. The maximum absolute atomic E-state index is 11.5. The molecule has 1 atom stereocenters. The van der Waals surface area contributed by atoms with Crippen molar-refractivity contribution in [1.29, 1.82) is 0 Å². The first-order valence-corrected chi connectivity index (χ1v) is 8.33. The van der Waals surface area contributed by atoms with Crippen LogP contribution in [-0.4, -0.2) is 70.6 Å². The average Bonchev–Trinajstić information content (AvgIpc) is 2.99. The summed E-state index contributed by atoms with van der Waals surface area (Å²) in [5.74, 6) is -0.669. The third kappa shape index (κ3) is 2.89. The van der Waals surface area contributed by atoms with Gasteiger partial charge in [0.1, 0.15) is 6.04 Å². The lowest BCUT2D eigenvalue weighted by atomic mass is 10.2. The minimum Gasteiger partial charge on any atom is -0.480 e. The fourth-order valence-electron chi connectivity index (χ4n) is 3.66. The minimum absolute atomic E-state index is 0.230. The molecule has 2 rings (SSSR count). The molecule has 0 amide bonds. The van der Waals surface area contributed by atoms with Gasteiger partial charge in [0.25, 0.3) is 0 Å². The van der Waals surface area contributed by atoms with Crippen molar-refractivity contribution in [2.24, 2.45) is 0 Å². The Hall–Kier alpha value is -1.23. The first-order chi connectivity index (χ1) is 10.1. The van der Waals surface area contributed by atoms with E-state index in [1.165, 1.54) is 11.4 Å². The van der Waals surface area contributed by atoms with Crippen molar-refractivity contribution < 1.29 is 9.90 Å². The number of rotatable bonds is 8. The number of aliphatic carboxylic acids is 1. The Morgan fingerprint density at radius 2 is 1.57 bits per heavy atom. The van der Waals surface area contributed by atoms with Crippen LogP contribution in [0.2, 0.25) is 0 Å². The topological polar surface area (TPSA) is 47.0 Å². The molecule has 1 fully saturated rings. The largest absolute Gasteiger partial charge is 0.480 e. The second-order valence-electron chi connectivity index (χ2n) is 5.75. The number of likely N-dealkylation sites (tertiary alicyclic amines) is 1. The van der Waals surface area contributed by atoms with Crippen molar-refractivity contribution in [3.8, 4) is 0 Å². The predicted octanol–water partition coefficient (Wildman–Crippen LogP) is 1.81. The molecule has 0 aromatic rings. The zero-order valence-corrected chi connectivity index (χ0v) is 13.8. The Balaban J connectivity index is 2.21. The zero-order chi connectivity index (χ0) is 15.6. The molecule has 1 N–H and O–H groups in total. The van der Waals surface area contributed by atoms with Crippen LogP contribution in [-0.2, 0) is 4.79 Å². The molecular weight excluding hydrogens is 266 g/mol. The van der Waals surface area contributed by atoms with Crippen molar-refractivity contribution in [3.63, 3.8) is 0 Å². The molecule has 0 aromatic heterocycles. The van der Waals surface area contributed by atoms with E-state index >= 15 is 0 Å². The Morgan fingerprint density at radius 1 is 1.10 bits per heavy atom. The lowest BCUT2D eigenvalue weighted by Crippen LogP contribution is -2.41. The maximum atomic E-state index is 11.5. The maximum Gasteiger partial charge on any atom is 0.320 e. The van der Waals surface area contributed by atoms with Crippen molar-refractivity contribution in [2.45, 2.75) is 52.6 Å². The van der Waals surface area contributed by atoms with Gasteiger partial charge in [-0.25, -0.2) is 0 Å². The summed E-state index contributed by atoms with van der Waals surface area (Å²) in [6.07, 6.45) is 1.77. The van der Waals surface area contributed by atoms with Gasteiger partial charge in [-0.05, 0) is 40.5 Å². The fourth-order valence-corrected chi connectivity index (χ4v) is 3.66. The molecule has 0 bridgehead atoms. The number of carboxylic acid groups (broad SMARTS) is 1. The van der Waals surface area contributed by atoms with Crippen LogP contribution in [0.1, 0.15) is 40.5 Å². The number of carboxylic acids is 1. The van der Waals surface area contributed by atoms with Crippen molar-refractivity contribution >= 4 is 5.97 Å². The summed E-state index contributed by atoms with van der Waals surface area (Å²) in [5, 5.41) is 9.45. The molecule has 21 heavy (non-hydrogen) atoms. The van der Waals surface area contributed by atoms with E-state index in [4.69, 9.17) is 0 Å². The van der Waals surface area contributed by atoms with Crippen molar-refractivity contribution in [3.05, 3.63) is 11.4 Å². The molecule has 5 nitrogen and oxygen atoms in total. The quantitative estimate of drug-likeness (QED) is 0.740. The minimum atomic E-state index is -0.669. The van der Waals surface area contributed by atoms with Gasteiger partial charge in [-0.15, -0.1) is 0 Å². The number of hydrogen-bond donors (Lipinski definition) is 1. The third-order valence-electron chi connectivity index (χ3n) is 4.82. The van der Waals surface area contributed by atoms with E-state index in [1.54, 1.807) is 0 Å². The van der Waals surface area contributed by atoms with Crippen LogP contribution in [0.4, 0.5) is 0 Å². The van der Waals surface area contributed by atoms with E-state index in [1.807, 2.05) is 0 Å². The summed E-state index contributed by atoms with van der Waals surface area (Å²) in [6.45, 7) is 13.5. The Morgan fingerprint density at radius 3 is 1.95 bits per heavy atom. The SMILES string of the molecule is CCN(CC)C1=C(N(CC)CC)C1N1CCC[C@H]1C(=O)O. The highest BCUT2D eigenvalue weighted by atomic mass is 16.4. The van der Waals surface area contributed by atoms with Gasteiger partial charge in [-0.3, -0.25) is 9.69 Å². The number of nitrogens with zero attached hydrogens (tertiary/aromatic N) is 3. The molecule has 0 radical (unpaired) electrons. The molecule has 2 aliphatic rings. The molecule has 120 valence electrons. The average molecular weight is 295 g/mol. The fraction of sp³-hybridized carbons (Fsp3) is 0.812. The van der Waals surface area contributed by atoms with E-state index in [0.717, 1.165) is 45.6 Å². The van der Waals surface area contributed by atoms with Gasteiger partial charge in [0.15, 0.2) is 0 Å². The predicted molar refractivity (Wildman–Crippen MR) is 84.0 cm³/mol. The zero-order valence-electron chi connectivity index (χ0n) is 13.8. The number of carbonyl (C=O) groups is 1. The summed E-state index contributed by atoms with van der Waals surface area (Å²) in [4.78, 5) is 18.5. The van der Waals surface area contributed by atoms with Gasteiger partial charge in [-0.2, -0.15) is 0 Å². The summed E-state index contributed by atoms with van der Waals surface area (Å²) in [6, 6.07) is -0.0815. The molecule has 0 unspecified atom stereocenters. The van der Waals surface area contributed by atoms with Crippen LogP contribution in [0.15, 0.2) is 11.4 Å². The van der Waals surface area contributed by atoms with Crippen molar-refractivity contribution in [2.75, 3.05) is 32.7 Å². The second kappa shape index (κ2) is 6.69. The number of hydrogen-bond acceptors (Lipinski definition) is 4. The molecule has 0 spiro atoms. The van der Waals surface area contributed by atoms with E-state index in [-0.39, 0.29) is 12.1 Å². The normalized spacial score (nSPS) is 22.8. The molecule has 1 aliphatic carbocycles. The second-order valence-corrected chi connectivity index (χ2v) is 5.75. The smallest absolute Gasteiger partial charge is 0.320 e. The Kier molecular flexibility index (Phi) is 5.14. The monoisotopic (exact) mass is 295 g/mol. The summed E-state index contributed by atoms with van der Waals surface area (Å²) >= 11 is 0. The highest BCUT2D eigenvalue weighted by Crippen LogP contribution is 2.44. The lowest BCUT2D eigenvalue weighted by molar-refractivity contribution is -0.142. The van der Waals surface area contributed by atoms with Crippen molar-refractivity contribution in [1.82, 2.24) is 14.7 Å². The van der Waals surface area contributed by atoms with Gasteiger partial charge < -0.3 is 14.9 Å². The molecule has 1 saturated heterocycles. The molecular formula is C16H29N3O2. The summed E-state index contributed by atoms with van der Waals surface area (Å²) < 4.78 is 0. The molecule has 1 heterocycles. The number of likely N-dealkylation sites (N-methyl/N-ethyl adjacent to an activating group) is 2. The van der Waals surface area contributed by atoms with Crippen LogP contribution < -0.4 is 0 Å². The third-order valence-corrected chi connectivity index (χ3v) is 4.82. The standard InChI is InChI=1S/C16H29N3O2/c1-5-17(6-2)13-14(18(7-3)8-4)15(13)19-11-9-10-12(19)16(20)21/h12,15H,5-11H2,1-4H3,(H,20,21)/t12-/m0/s1. The van der Waals surface area contributed by atoms with Gasteiger partial charge in [0.05, 0.1) is 17.4 Å². The van der Waals surface area contributed by atoms with E-state index in [9.17, 15) is 9.90 Å². The van der Waals surface area contributed by atoms with E-state index in [0.29, 0.717) is 0 Å². The van der Waals surface area contributed by atoms with Gasteiger partial charge in [0, 0.05) is 32.7 Å². The van der Waals surface area contributed by atoms with E-state index < -0.39 is 5.97 Å². The highest BCUT2D eigenvalue weighted by molar-refractivity contribution is 5.74. The van der Waals surface area contributed by atoms with E-state index in [2.05, 4.69) is 42.4 Å². The van der Waals surface area contributed by atoms with Gasteiger partial charge in [0.2, 0.25) is 0 Å². The van der Waals surface area contributed by atoms with Crippen LogP contribution >= 0.6 is 0 Å². The van der Waals surface area contributed by atoms with Crippen LogP contribution in [0.3, 0.4) is 0 Å². The summed E-state index contributed by atoms with van der Waals surface area (Å²) in [5.41, 5.74) is 2.72. The molecule has 1 aliphatic heterocycles. The van der Waals surface area contributed by atoms with Gasteiger partial charge in [-0.1, -0.05) is 0 Å². The molecule has 5 heteroatoms. The molecule has 0 saturated carbocycles. The highest BCUT2D eigenvalue weighted by Gasteiger charge is 2.50. The van der Waals surface area contributed by atoms with Crippen LogP contribution in [0.25, 0.3) is 0 Å². The Labute approximate surface area is 128 Å². The first kappa shape index (κ1) is 16.1. The van der Waals surface area contributed by atoms with Crippen LogP contribution in [0.5, 0.6) is 0 Å². The summed E-state index contributed by atoms with van der Waals surface area (Å²) in [7, 11) is 0. The van der Waals surface area contributed by atoms with Gasteiger partial charge >= 0.3 is 5.97 Å². The lowest BCUT2D eigenvalue weighted by Gasteiger charge is -2.27. The van der Waals surface area contributed by atoms with Crippen LogP contribution in [0, 0.1) is 0 Å². The molecule has 0 aromatic carbocycles.